The summed E-state index contributed by atoms with van der Waals surface area (Å²) in [6, 6.07) is 16.1. The summed E-state index contributed by atoms with van der Waals surface area (Å²) in [4.78, 5) is 27.0. The van der Waals surface area contributed by atoms with E-state index in [1.54, 1.807) is 27.9 Å². The Balaban J connectivity index is 2.13. The van der Waals surface area contributed by atoms with Gasteiger partial charge in [-0.3, -0.25) is 0 Å². The third-order valence-corrected chi connectivity index (χ3v) is 5.27. The normalized spacial score (nSPS) is 13.0. The number of rotatable bonds is 11. The second kappa shape index (κ2) is 13.7. The SMILES string of the molecule is COc1cccc(CN(C[C@@H](O)[C@H](CC(C)C)NC(=O)OCc2ccccc2)C(=O)OC(C)(C)C)c1. The third-order valence-electron chi connectivity index (χ3n) is 5.27. The molecule has 0 aliphatic heterocycles. The Bertz CT molecular complexity index is 958. The first-order chi connectivity index (χ1) is 17.0. The van der Waals surface area contributed by atoms with E-state index >= 15 is 0 Å². The maximum atomic E-state index is 13.0. The number of hydrogen-bond acceptors (Lipinski definition) is 6. The van der Waals surface area contributed by atoms with E-state index in [4.69, 9.17) is 14.2 Å². The second-order valence-electron chi connectivity index (χ2n) is 10.2. The van der Waals surface area contributed by atoms with Crippen LogP contribution >= 0.6 is 0 Å². The van der Waals surface area contributed by atoms with Crippen LogP contribution in [0.2, 0.25) is 0 Å². The lowest BCUT2D eigenvalue weighted by molar-refractivity contribution is 0.00697. The van der Waals surface area contributed by atoms with Crippen molar-refractivity contribution >= 4 is 12.2 Å². The molecule has 0 fully saturated rings. The summed E-state index contributed by atoms with van der Waals surface area (Å²) in [5.74, 6) is 0.852. The number of nitrogens with one attached hydrogen (secondary N) is 1. The van der Waals surface area contributed by atoms with Crippen LogP contribution in [0.5, 0.6) is 5.75 Å². The van der Waals surface area contributed by atoms with E-state index in [1.165, 1.54) is 4.90 Å². The Morgan fingerprint density at radius 1 is 1.03 bits per heavy atom. The molecule has 2 aromatic rings. The fourth-order valence-corrected chi connectivity index (χ4v) is 3.61. The lowest BCUT2D eigenvalue weighted by Gasteiger charge is -2.32. The van der Waals surface area contributed by atoms with E-state index in [2.05, 4.69) is 5.32 Å². The highest BCUT2D eigenvalue weighted by atomic mass is 16.6. The van der Waals surface area contributed by atoms with Crippen LogP contribution in [0.4, 0.5) is 9.59 Å². The summed E-state index contributed by atoms with van der Waals surface area (Å²) >= 11 is 0. The van der Waals surface area contributed by atoms with Gasteiger partial charge >= 0.3 is 12.2 Å². The van der Waals surface area contributed by atoms with Crippen molar-refractivity contribution in [2.45, 2.75) is 71.9 Å². The smallest absolute Gasteiger partial charge is 0.410 e. The van der Waals surface area contributed by atoms with Crippen LogP contribution in [0.15, 0.2) is 54.6 Å². The molecule has 198 valence electrons. The van der Waals surface area contributed by atoms with Crippen LogP contribution in [0, 0.1) is 5.92 Å². The maximum Gasteiger partial charge on any atom is 0.410 e. The molecule has 8 heteroatoms. The predicted molar refractivity (Wildman–Crippen MR) is 139 cm³/mol. The van der Waals surface area contributed by atoms with Crippen molar-refractivity contribution in [3.63, 3.8) is 0 Å². The van der Waals surface area contributed by atoms with Gasteiger partial charge in [-0.15, -0.1) is 0 Å². The number of aliphatic hydroxyl groups is 1. The van der Waals surface area contributed by atoms with Crippen molar-refractivity contribution in [2.75, 3.05) is 13.7 Å². The number of methoxy groups -OCH3 is 1. The van der Waals surface area contributed by atoms with Gasteiger partial charge in [0, 0.05) is 6.54 Å². The Hall–Kier alpha value is -3.26. The molecule has 2 amide bonds. The summed E-state index contributed by atoms with van der Waals surface area (Å²) in [6.45, 7) is 9.65. The van der Waals surface area contributed by atoms with Crippen LogP contribution in [-0.4, -0.2) is 53.6 Å². The molecule has 0 aliphatic rings. The Morgan fingerprint density at radius 3 is 2.31 bits per heavy atom. The van der Waals surface area contributed by atoms with Gasteiger partial charge in [0.15, 0.2) is 0 Å². The number of benzene rings is 2. The molecule has 36 heavy (non-hydrogen) atoms. The van der Waals surface area contributed by atoms with E-state index in [0.717, 1.165) is 11.1 Å². The molecular weight excluding hydrogens is 460 g/mol. The zero-order chi connectivity index (χ0) is 26.7. The van der Waals surface area contributed by atoms with Gasteiger partial charge in [-0.2, -0.15) is 0 Å². The minimum atomic E-state index is -1.05. The maximum absolute atomic E-state index is 13.0. The van der Waals surface area contributed by atoms with Gasteiger partial charge in [0.05, 0.1) is 25.8 Å². The lowest BCUT2D eigenvalue weighted by Crippen LogP contribution is -2.50. The van der Waals surface area contributed by atoms with Crippen LogP contribution in [0.1, 0.15) is 52.2 Å². The molecule has 0 radical (unpaired) electrons. The summed E-state index contributed by atoms with van der Waals surface area (Å²) in [5.41, 5.74) is 0.983. The van der Waals surface area contributed by atoms with Gasteiger partial charge in [0.25, 0.3) is 0 Å². The van der Waals surface area contributed by atoms with Gasteiger partial charge in [-0.25, -0.2) is 9.59 Å². The highest BCUT2D eigenvalue weighted by Crippen LogP contribution is 2.19. The largest absolute Gasteiger partial charge is 0.497 e. The Kier molecular flexibility index (Phi) is 11.0. The highest BCUT2D eigenvalue weighted by molar-refractivity contribution is 5.69. The molecule has 2 N–H and O–H groups in total. The van der Waals surface area contributed by atoms with Crippen LogP contribution < -0.4 is 10.1 Å². The van der Waals surface area contributed by atoms with Crippen molar-refractivity contribution in [1.29, 1.82) is 0 Å². The zero-order valence-corrected chi connectivity index (χ0v) is 22.2. The number of carbonyl (C=O) groups is 2. The number of nitrogens with zero attached hydrogens (tertiary/aromatic N) is 1. The molecule has 0 saturated carbocycles. The first-order valence-electron chi connectivity index (χ1n) is 12.2. The van der Waals surface area contributed by atoms with Gasteiger partial charge in [-0.05, 0) is 56.4 Å². The van der Waals surface area contributed by atoms with E-state index in [9.17, 15) is 14.7 Å². The van der Waals surface area contributed by atoms with Gasteiger partial charge < -0.3 is 29.5 Å². The third kappa shape index (κ3) is 10.6. The molecule has 0 aromatic heterocycles. The van der Waals surface area contributed by atoms with Crippen molar-refractivity contribution in [1.82, 2.24) is 10.2 Å². The molecular formula is C28H40N2O6. The van der Waals surface area contributed by atoms with Gasteiger partial charge in [0.2, 0.25) is 0 Å². The fourth-order valence-electron chi connectivity index (χ4n) is 3.61. The molecule has 0 saturated heterocycles. The molecule has 0 spiro atoms. The average molecular weight is 501 g/mol. The van der Waals surface area contributed by atoms with Gasteiger partial charge in [-0.1, -0.05) is 56.3 Å². The topological polar surface area (TPSA) is 97.3 Å². The first kappa shape index (κ1) is 29.0. The minimum Gasteiger partial charge on any atom is -0.497 e. The first-order valence-corrected chi connectivity index (χ1v) is 12.2. The number of alkyl carbamates (subject to hydrolysis) is 1. The Morgan fingerprint density at radius 2 is 1.69 bits per heavy atom. The van der Waals surface area contributed by atoms with Gasteiger partial charge in [0.1, 0.15) is 18.0 Å². The van der Waals surface area contributed by atoms with E-state index < -0.39 is 29.9 Å². The number of hydrogen-bond donors (Lipinski definition) is 2. The monoisotopic (exact) mass is 500 g/mol. The standard InChI is InChI=1S/C28H40N2O6/c1-20(2)15-24(29-26(32)35-19-21-11-8-7-9-12-21)25(31)18-30(27(33)36-28(3,4)5)17-22-13-10-14-23(16-22)34-6/h7-14,16,20,24-25,31H,15,17-19H2,1-6H3,(H,29,32)/t24-,25+/m0/s1. The Labute approximate surface area is 214 Å². The second-order valence-corrected chi connectivity index (χ2v) is 10.2. The number of amides is 2. The molecule has 2 rings (SSSR count). The predicted octanol–water partition coefficient (Wildman–Crippen LogP) is 5.13. The molecule has 8 nitrogen and oxygen atoms in total. The molecule has 2 atom stereocenters. The van der Waals surface area contributed by atoms with E-state index in [-0.39, 0.29) is 25.6 Å². The number of carbonyl (C=O) groups excluding carboxylic acids is 2. The molecule has 0 heterocycles. The molecule has 2 aromatic carbocycles. The summed E-state index contributed by atoms with van der Waals surface area (Å²) in [7, 11) is 1.58. The highest BCUT2D eigenvalue weighted by Gasteiger charge is 2.29. The number of aliphatic hydroxyl groups excluding tert-OH is 1. The molecule has 0 aliphatic carbocycles. The summed E-state index contributed by atoms with van der Waals surface area (Å²) in [5, 5.41) is 13.9. The van der Waals surface area contributed by atoms with Crippen molar-refractivity contribution in [3.05, 3.63) is 65.7 Å². The quantitative estimate of drug-likeness (QED) is 0.444. The van der Waals surface area contributed by atoms with Crippen molar-refractivity contribution in [3.8, 4) is 5.75 Å². The van der Waals surface area contributed by atoms with Crippen LogP contribution in [-0.2, 0) is 22.6 Å². The minimum absolute atomic E-state index is 0.0392. The van der Waals surface area contributed by atoms with E-state index in [0.29, 0.717) is 12.2 Å². The average Bonchev–Trinajstić information content (AvgIpc) is 2.81. The molecule has 0 unspecified atom stereocenters. The van der Waals surface area contributed by atoms with Crippen molar-refractivity contribution < 1.29 is 28.9 Å². The molecule has 0 bridgehead atoms. The fraction of sp³-hybridized carbons (Fsp3) is 0.500. The number of ether oxygens (including phenoxy) is 3. The zero-order valence-electron chi connectivity index (χ0n) is 22.2. The van der Waals surface area contributed by atoms with E-state index in [1.807, 2.05) is 68.4 Å². The summed E-state index contributed by atoms with van der Waals surface area (Å²) in [6.07, 6.45) is -1.72. The lowest BCUT2D eigenvalue weighted by atomic mass is 9.98. The van der Waals surface area contributed by atoms with Crippen molar-refractivity contribution in [2.24, 2.45) is 5.92 Å². The summed E-state index contributed by atoms with van der Waals surface area (Å²) < 4.78 is 16.2. The van der Waals surface area contributed by atoms with Crippen LogP contribution in [0.25, 0.3) is 0 Å². The van der Waals surface area contributed by atoms with Crippen LogP contribution in [0.3, 0.4) is 0 Å².